The molecule has 98 valence electrons. The fraction of sp³-hybridized carbons (Fsp3) is 1.00. The van der Waals surface area contributed by atoms with Gasteiger partial charge in [0.05, 0.1) is 5.75 Å². The zero-order valence-electron chi connectivity index (χ0n) is 10.6. The van der Waals surface area contributed by atoms with Crippen LogP contribution in [0.1, 0.15) is 46.0 Å². The Labute approximate surface area is 100 Å². The summed E-state index contributed by atoms with van der Waals surface area (Å²) < 4.78 is 25.6. The van der Waals surface area contributed by atoms with Gasteiger partial charge in [-0.15, -0.1) is 0 Å². The number of rotatable bonds is 11. The molecule has 0 aromatic carbocycles. The van der Waals surface area contributed by atoms with Gasteiger partial charge in [0.2, 0.25) is 10.0 Å². The molecule has 0 unspecified atom stereocenters. The standard InChI is InChI=1S/C11H26N2O2S/c1-3-5-6-7-10-13-16(14,15)11-8-9-12-4-2/h12-13H,3-11H2,1-2H3. The summed E-state index contributed by atoms with van der Waals surface area (Å²) in [6.07, 6.45) is 5.09. The molecule has 0 aliphatic carbocycles. The molecule has 0 rings (SSSR count). The van der Waals surface area contributed by atoms with Crippen LogP contribution >= 0.6 is 0 Å². The first kappa shape index (κ1) is 15.9. The van der Waals surface area contributed by atoms with Crippen LogP contribution in [-0.4, -0.2) is 33.8 Å². The quantitative estimate of drug-likeness (QED) is 0.546. The fourth-order valence-corrected chi connectivity index (χ4v) is 2.54. The Bertz CT molecular complexity index is 240. The van der Waals surface area contributed by atoms with Gasteiger partial charge in [0.1, 0.15) is 0 Å². The lowest BCUT2D eigenvalue weighted by molar-refractivity contribution is 0.568. The maximum absolute atomic E-state index is 11.5. The summed E-state index contributed by atoms with van der Waals surface area (Å²) in [7, 11) is -3.04. The third-order valence-electron chi connectivity index (χ3n) is 2.37. The van der Waals surface area contributed by atoms with E-state index in [-0.39, 0.29) is 5.75 Å². The molecule has 0 spiro atoms. The van der Waals surface area contributed by atoms with Gasteiger partial charge in [-0.25, -0.2) is 13.1 Å². The predicted molar refractivity (Wildman–Crippen MR) is 69.1 cm³/mol. The third kappa shape index (κ3) is 10.4. The van der Waals surface area contributed by atoms with Crippen LogP contribution in [0.25, 0.3) is 0 Å². The minimum absolute atomic E-state index is 0.230. The molecule has 0 aliphatic heterocycles. The van der Waals surface area contributed by atoms with E-state index in [1.807, 2.05) is 6.92 Å². The first-order valence-electron chi connectivity index (χ1n) is 6.30. The smallest absolute Gasteiger partial charge is 0.211 e. The molecule has 0 atom stereocenters. The van der Waals surface area contributed by atoms with Crippen molar-refractivity contribution < 1.29 is 8.42 Å². The molecule has 2 N–H and O–H groups in total. The Morgan fingerprint density at radius 1 is 0.938 bits per heavy atom. The summed E-state index contributed by atoms with van der Waals surface area (Å²) in [5.74, 6) is 0.230. The lowest BCUT2D eigenvalue weighted by atomic mass is 10.2. The van der Waals surface area contributed by atoms with Crippen molar-refractivity contribution in [3.05, 3.63) is 0 Å². The lowest BCUT2D eigenvalue weighted by Gasteiger charge is -2.06. The zero-order chi connectivity index (χ0) is 12.3. The summed E-state index contributed by atoms with van der Waals surface area (Å²) in [5.41, 5.74) is 0. The number of sulfonamides is 1. The van der Waals surface area contributed by atoms with E-state index in [9.17, 15) is 8.42 Å². The second-order valence-corrected chi connectivity index (χ2v) is 5.91. The molecule has 0 aromatic heterocycles. The molecular formula is C11H26N2O2S. The van der Waals surface area contributed by atoms with Crippen LogP contribution in [0.15, 0.2) is 0 Å². The number of hydrogen-bond donors (Lipinski definition) is 2. The zero-order valence-corrected chi connectivity index (χ0v) is 11.4. The normalized spacial score (nSPS) is 11.9. The minimum atomic E-state index is -3.04. The van der Waals surface area contributed by atoms with Gasteiger partial charge in [-0.05, 0) is 25.9 Å². The van der Waals surface area contributed by atoms with Crippen LogP contribution in [-0.2, 0) is 10.0 Å². The van der Waals surface area contributed by atoms with E-state index in [1.165, 1.54) is 12.8 Å². The Balaban J connectivity index is 3.47. The molecule has 5 heteroatoms. The summed E-state index contributed by atoms with van der Waals surface area (Å²) in [4.78, 5) is 0. The van der Waals surface area contributed by atoms with Gasteiger partial charge in [0.15, 0.2) is 0 Å². The van der Waals surface area contributed by atoms with Crippen molar-refractivity contribution in [2.45, 2.75) is 46.0 Å². The van der Waals surface area contributed by atoms with Gasteiger partial charge in [-0.3, -0.25) is 0 Å². The molecule has 4 nitrogen and oxygen atoms in total. The monoisotopic (exact) mass is 250 g/mol. The van der Waals surface area contributed by atoms with E-state index < -0.39 is 10.0 Å². The minimum Gasteiger partial charge on any atom is -0.317 e. The molecule has 0 fully saturated rings. The maximum atomic E-state index is 11.5. The van der Waals surface area contributed by atoms with Gasteiger partial charge >= 0.3 is 0 Å². The van der Waals surface area contributed by atoms with Crippen molar-refractivity contribution in [3.8, 4) is 0 Å². The summed E-state index contributed by atoms with van der Waals surface area (Å²) >= 11 is 0. The van der Waals surface area contributed by atoms with E-state index in [0.717, 1.165) is 25.9 Å². The van der Waals surface area contributed by atoms with Crippen molar-refractivity contribution >= 4 is 10.0 Å². The van der Waals surface area contributed by atoms with Crippen molar-refractivity contribution in [1.29, 1.82) is 0 Å². The highest BCUT2D eigenvalue weighted by Crippen LogP contribution is 1.98. The second-order valence-electron chi connectivity index (χ2n) is 3.98. The molecule has 16 heavy (non-hydrogen) atoms. The van der Waals surface area contributed by atoms with Crippen LogP contribution in [0.3, 0.4) is 0 Å². The first-order chi connectivity index (χ1) is 7.62. The van der Waals surface area contributed by atoms with Crippen LogP contribution in [0.5, 0.6) is 0 Å². The number of nitrogens with one attached hydrogen (secondary N) is 2. The van der Waals surface area contributed by atoms with Gasteiger partial charge in [0.25, 0.3) is 0 Å². The number of hydrogen-bond acceptors (Lipinski definition) is 3. The highest BCUT2D eigenvalue weighted by molar-refractivity contribution is 7.89. The summed E-state index contributed by atoms with van der Waals surface area (Å²) in [5, 5.41) is 3.11. The average Bonchev–Trinajstić information content (AvgIpc) is 2.24. The molecular weight excluding hydrogens is 224 g/mol. The Hall–Kier alpha value is -0.130. The van der Waals surface area contributed by atoms with Crippen LogP contribution in [0.2, 0.25) is 0 Å². The highest BCUT2D eigenvalue weighted by Gasteiger charge is 2.07. The topological polar surface area (TPSA) is 58.2 Å². The second kappa shape index (κ2) is 10.1. The van der Waals surface area contributed by atoms with E-state index in [0.29, 0.717) is 13.0 Å². The predicted octanol–water partition coefficient (Wildman–Crippen LogP) is 1.49. The van der Waals surface area contributed by atoms with Gasteiger partial charge in [-0.1, -0.05) is 33.1 Å². The van der Waals surface area contributed by atoms with E-state index in [2.05, 4.69) is 17.0 Å². The molecule has 0 aliphatic rings. The first-order valence-corrected chi connectivity index (χ1v) is 7.95. The SMILES string of the molecule is CCCCCCNS(=O)(=O)CCCNCC. The van der Waals surface area contributed by atoms with Crippen LogP contribution in [0, 0.1) is 0 Å². The lowest BCUT2D eigenvalue weighted by Crippen LogP contribution is -2.29. The Morgan fingerprint density at radius 3 is 2.31 bits per heavy atom. The maximum Gasteiger partial charge on any atom is 0.211 e. The van der Waals surface area contributed by atoms with Crippen molar-refractivity contribution in [2.24, 2.45) is 0 Å². The van der Waals surface area contributed by atoms with E-state index >= 15 is 0 Å². The molecule has 0 radical (unpaired) electrons. The van der Waals surface area contributed by atoms with Crippen molar-refractivity contribution in [1.82, 2.24) is 10.0 Å². The highest BCUT2D eigenvalue weighted by atomic mass is 32.2. The largest absolute Gasteiger partial charge is 0.317 e. The van der Waals surface area contributed by atoms with Gasteiger partial charge < -0.3 is 5.32 Å². The van der Waals surface area contributed by atoms with Gasteiger partial charge in [-0.2, -0.15) is 0 Å². The molecule has 0 saturated carbocycles. The Kier molecular flexibility index (Phi) is 9.97. The molecule has 0 aromatic rings. The molecule has 0 bridgehead atoms. The summed E-state index contributed by atoms with van der Waals surface area (Å²) in [6.45, 7) is 6.41. The molecule has 0 saturated heterocycles. The van der Waals surface area contributed by atoms with Crippen molar-refractivity contribution in [3.63, 3.8) is 0 Å². The fourth-order valence-electron chi connectivity index (χ4n) is 1.42. The molecule has 0 heterocycles. The van der Waals surface area contributed by atoms with E-state index in [4.69, 9.17) is 0 Å². The van der Waals surface area contributed by atoms with Crippen LogP contribution < -0.4 is 10.0 Å². The Morgan fingerprint density at radius 2 is 1.69 bits per heavy atom. The van der Waals surface area contributed by atoms with E-state index in [1.54, 1.807) is 0 Å². The van der Waals surface area contributed by atoms with Crippen LogP contribution in [0.4, 0.5) is 0 Å². The molecule has 0 amide bonds. The average molecular weight is 250 g/mol. The third-order valence-corrected chi connectivity index (χ3v) is 3.84. The number of unbranched alkanes of at least 4 members (excludes halogenated alkanes) is 3. The van der Waals surface area contributed by atoms with Gasteiger partial charge in [0, 0.05) is 6.54 Å². The summed E-state index contributed by atoms with van der Waals surface area (Å²) in [6, 6.07) is 0. The van der Waals surface area contributed by atoms with Crippen molar-refractivity contribution in [2.75, 3.05) is 25.4 Å².